The van der Waals surface area contributed by atoms with Crippen LogP contribution in [0.2, 0.25) is 5.02 Å². The van der Waals surface area contributed by atoms with Crippen LogP contribution in [0.25, 0.3) is 0 Å². The van der Waals surface area contributed by atoms with E-state index in [1.165, 1.54) is 17.0 Å². The fraction of sp³-hybridized carbons (Fsp3) is 0.500. The van der Waals surface area contributed by atoms with Crippen molar-refractivity contribution in [1.82, 2.24) is 4.90 Å². The summed E-state index contributed by atoms with van der Waals surface area (Å²) in [4.78, 5) is 23.8. The quantitative estimate of drug-likeness (QED) is 0.558. The van der Waals surface area contributed by atoms with Crippen LogP contribution in [0, 0.1) is 10.1 Å². The number of ether oxygens (including phenoxy) is 2. The minimum atomic E-state index is -0.567. The summed E-state index contributed by atoms with van der Waals surface area (Å²) >= 11 is 9.07. The lowest BCUT2D eigenvalue weighted by Crippen LogP contribution is -2.57. The van der Waals surface area contributed by atoms with Crippen molar-refractivity contribution in [3.8, 4) is 5.75 Å². The highest BCUT2D eigenvalue weighted by Gasteiger charge is 2.36. The third-order valence-electron chi connectivity index (χ3n) is 2.99. The van der Waals surface area contributed by atoms with Gasteiger partial charge in [0.25, 0.3) is 0 Å². The lowest BCUT2D eigenvalue weighted by atomic mass is 10.1. The standard InChI is InChI=1S/C14H16BrClN2O5/c1-14(2,3)23-13(19)17-6-8(7-17)22-12-4-9(15)10(16)5-11(12)18(20)21/h4-5,8H,6-7H2,1-3H3. The highest BCUT2D eigenvalue weighted by molar-refractivity contribution is 9.10. The zero-order valence-electron chi connectivity index (χ0n) is 12.8. The summed E-state index contributed by atoms with van der Waals surface area (Å²) < 4.78 is 11.3. The molecule has 0 unspecified atom stereocenters. The van der Waals surface area contributed by atoms with Gasteiger partial charge >= 0.3 is 11.8 Å². The van der Waals surface area contributed by atoms with E-state index in [1.54, 1.807) is 20.8 Å². The topological polar surface area (TPSA) is 81.9 Å². The Morgan fingerprint density at radius 2 is 2.04 bits per heavy atom. The van der Waals surface area contributed by atoms with Crippen LogP contribution in [0.3, 0.4) is 0 Å². The van der Waals surface area contributed by atoms with E-state index in [2.05, 4.69) is 15.9 Å². The molecule has 0 N–H and O–H groups in total. The van der Waals surface area contributed by atoms with Crippen LogP contribution in [0.1, 0.15) is 20.8 Å². The first-order chi connectivity index (χ1) is 10.6. The maximum absolute atomic E-state index is 11.8. The van der Waals surface area contributed by atoms with Crippen molar-refractivity contribution in [1.29, 1.82) is 0 Å². The van der Waals surface area contributed by atoms with Crippen molar-refractivity contribution >= 4 is 39.3 Å². The summed E-state index contributed by atoms with van der Waals surface area (Å²) in [6.07, 6.45) is -0.751. The van der Waals surface area contributed by atoms with Gasteiger partial charge in [-0.1, -0.05) is 11.6 Å². The van der Waals surface area contributed by atoms with E-state index in [1.807, 2.05) is 0 Å². The van der Waals surface area contributed by atoms with Gasteiger partial charge in [-0.2, -0.15) is 0 Å². The molecule has 0 atom stereocenters. The Morgan fingerprint density at radius 3 is 2.57 bits per heavy atom. The van der Waals surface area contributed by atoms with Gasteiger partial charge in [0.15, 0.2) is 5.75 Å². The minimum Gasteiger partial charge on any atom is -0.480 e. The number of rotatable bonds is 3. The second kappa shape index (κ2) is 6.52. The summed E-state index contributed by atoms with van der Waals surface area (Å²) in [5.41, 5.74) is -0.781. The third kappa shape index (κ3) is 4.48. The number of hydrogen-bond acceptors (Lipinski definition) is 5. The molecule has 0 spiro atoms. The molecule has 7 nitrogen and oxygen atoms in total. The van der Waals surface area contributed by atoms with Gasteiger partial charge in [0.05, 0.1) is 23.0 Å². The molecule has 0 aromatic heterocycles. The number of halogens is 2. The molecule has 9 heteroatoms. The first kappa shape index (κ1) is 17.8. The van der Waals surface area contributed by atoms with Gasteiger partial charge in [0, 0.05) is 16.6 Å². The van der Waals surface area contributed by atoms with E-state index in [-0.39, 0.29) is 22.6 Å². The van der Waals surface area contributed by atoms with Gasteiger partial charge in [0.2, 0.25) is 0 Å². The number of carbonyl (C=O) groups excluding carboxylic acids is 1. The van der Waals surface area contributed by atoms with Crippen molar-refractivity contribution in [2.45, 2.75) is 32.5 Å². The van der Waals surface area contributed by atoms with E-state index in [9.17, 15) is 14.9 Å². The Hall–Kier alpha value is -1.54. The van der Waals surface area contributed by atoms with E-state index in [0.717, 1.165) is 0 Å². The molecule has 1 aromatic carbocycles. The van der Waals surface area contributed by atoms with Crippen molar-refractivity contribution in [3.05, 3.63) is 31.7 Å². The molecule has 1 amide bonds. The predicted molar refractivity (Wildman–Crippen MR) is 88.0 cm³/mol. The summed E-state index contributed by atoms with van der Waals surface area (Å²) in [6.45, 7) is 5.98. The number of benzene rings is 1. The number of nitro groups is 1. The molecular weight excluding hydrogens is 392 g/mol. The summed E-state index contributed by atoms with van der Waals surface area (Å²) in [5, 5.41) is 11.3. The van der Waals surface area contributed by atoms with Crippen molar-refractivity contribution in [3.63, 3.8) is 0 Å². The Bertz CT molecular complexity index is 641. The third-order valence-corrected chi connectivity index (χ3v) is 4.19. The normalized spacial score (nSPS) is 15.1. The first-order valence-corrected chi connectivity index (χ1v) is 8.02. The zero-order valence-corrected chi connectivity index (χ0v) is 15.2. The van der Waals surface area contributed by atoms with Crippen LogP contribution < -0.4 is 4.74 Å². The molecule has 0 radical (unpaired) electrons. The molecule has 1 aromatic rings. The van der Waals surface area contributed by atoms with Crippen molar-refractivity contribution in [2.75, 3.05) is 13.1 Å². The second-order valence-electron chi connectivity index (χ2n) is 6.12. The molecule has 0 saturated carbocycles. The second-order valence-corrected chi connectivity index (χ2v) is 7.38. The van der Waals surface area contributed by atoms with Gasteiger partial charge in [-0.3, -0.25) is 10.1 Å². The van der Waals surface area contributed by atoms with Crippen LogP contribution in [0.5, 0.6) is 5.75 Å². The predicted octanol–water partition coefficient (Wildman–Crippen LogP) is 4.01. The molecule has 0 bridgehead atoms. The maximum Gasteiger partial charge on any atom is 0.410 e. The van der Waals surface area contributed by atoms with Gasteiger partial charge in [0.1, 0.15) is 11.7 Å². The molecule has 1 heterocycles. The minimum absolute atomic E-state index is 0.111. The Morgan fingerprint density at radius 1 is 1.43 bits per heavy atom. The number of likely N-dealkylation sites (tertiary alicyclic amines) is 1. The summed E-state index contributed by atoms with van der Waals surface area (Å²) in [5.74, 6) is 0.111. The zero-order chi connectivity index (χ0) is 17.4. The lowest BCUT2D eigenvalue weighted by Gasteiger charge is -2.39. The molecule has 23 heavy (non-hydrogen) atoms. The number of carbonyl (C=O) groups is 1. The molecule has 2 rings (SSSR count). The monoisotopic (exact) mass is 406 g/mol. The van der Waals surface area contributed by atoms with Crippen molar-refractivity contribution < 1.29 is 19.2 Å². The van der Waals surface area contributed by atoms with E-state index in [0.29, 0.717) is 17.6 Å². The lowest BCUT2D eigenvalue weighted by molar-refractivity contribution is -0.386. The van der Waals surface area contributed by atoms with Crippen LogP contribution in [0.4, 0.5) is 10.5 Å². The first-order valence-electron chi connectivity index (χ1n) is 6.85. The highest BCUT2D eigenvalue weighted by atomic mass is 79.9. The molecule has 126 valence electrons. The summed E-state index contributed by atoms with van der Waals surface area (Å²) in [7, 11) is 0. The SMILES string of the molecule is CC(C)(C)OC(=O)N1CC(Oc2cc(Br)c(Cl)cc2[N+](=O)[O-])C1. The van der Waals surface area contributed by atoms with Crippen molar-refractivity contribution in [2.24, 2.45) is 0 Å². The number of nitrogens with zero attached hydrogens (tertiary/aromatic N) is 2. The molecule has 1 saturated heterocycles. The Labute approximate surface area is 146 Å². The van der Waals surface area contributed by atoms with Gasteiger partial charge in [-0.25, -0.2) is 4.79 Å². The molecule has 0 aliphatic carbocycles. The highest BCUT2D eigenvalue weighted by Crippen LogP contribution is 2.37. The number of hydrogen-bond donors (Lipinski definition) is 0. The van der Waals surface area contributed by atoms with Crippen LogP contribution in [-0.2, 0) is 4.74 Å². The molecule has 1 aliphatic rings. The van der Waals surface area contributed by atoms with Gasteiger partial charge in [-0.15, -0.1) is 0 Å². The molecule has 1 aliphatic heterocycles. The average molecular weight is 408 g/mol. The van der Waals surface area contributed by atoms with Crippen LogP contribution >= 0.6 is 27.5 Å². The Balaban J connectivity index is 1.99. The van der Waals surface area contributed by atoms with E-state index >= 15 is 0 Å². The van der Waals surface area contributed by atoms with E-state index in [4.69, 9.17) is 21.1 Å². The average Bonchev–Trinajstić information content (AvgIpc) is 2.34. The fourth-order valence-corrected chi connectivity index (χ4v) is 2.40. The molecule has 1 fully saturated rings. The van der Waals surface area contributed by atoms with Gasteiger partial charge < -0.3 is 14.4 Å². The fourth-order valence-electron chi connectivity index (χ4n) is 1.92. The number of amides is 1. The van der Waals surface area contributed by atoms with Crippen LogP contribution in [-0.4, -0.2) is 40.7 Å². The van der Waals surface area contributed by atoms with Crippen LogP contribution in [0.15, 0.2) is 16.6 Å². The maximum atomic E-state index is 11.8. The van der Waals surface area contributed by atoms with Gasteiger partial charge in [-0.05, 0) is 36.7 Å². The smallest absolute Gasteiger partial charge is 0.410 e. The Kier molecular flexibility index (Phi) is 5.05. The summed E-state index contributed by atoms with van der Waals surface area (Å²) in [6, 6.07) is 2.68. The van der Waals surface area contributed by atoms with E-state index < -0.39 is 16.6 Å². The largest absolute Gasteiger partial charge is 0.480 e. The number of nitro benzene ring substituents is 1. The molecular formula is C14H16BrClN2O5.